The van der Waals surface area contributed by atoms with Crippen molar-refractivity contribution in [3.05, 3.63) is 77.9 Å². The van der Waals surface area contributed by atoms with Gasteiger partial charge >= 0.3 is 0 Å². The van der Waals surface area contributed by atoms with Crippen LogP contribution < -0.4 is 4.74 Å². The van der Waals surface area contributed by atoms with E-state index in [9.17, 15) is 4.79 Å². The fourth-order valence-electron chi connectivity index (χ4n) is 5.02. The predicted molar refractivity (Wildman–Crippen MR) is 131 cm³/mol. The molecule has 4 rings (SSSR count). The van der Waals surface area contributed by atoms with Crippen LogP contribution in [0.15, 0.2) is 61.2 Å². The molecule has 2 aliphatic heterocycles. The quantitative estimate of drug-likeness (QED) is 0.580. The van der Waals surface area contributed by atoms with Gasteiger partial charge in [-0.2, -0.15) is 0 Å². The van der Waals surface area contributed by atoms with E-state index in [0.717, 1.165) is 43.8 Å². The van der Waals surface area contributed by atoms with Gasteiger partial charge in [-0.1, -0.05) is 36.4 Å². The van der Waals surface area contributed by atoms with Crippen molar-refractivity contribution < 1.29 is 14.3 Å². The number of benzene rings is 2. The molecule has 5 heteroatoms. The van der Waals surface area contributed by atoms with Crippen LogP contribution in [0.25, 0.3) is 0 Å². The summed E-state index contributed by atoms with van der Waals surface area (Å²) in [5, 5.41) is 0. The standard InChI is InChI=1S/C28H36N2O3/c1-5-23-16-28(19-29(17-23)18-24-9-7-6-8-10-24)13-14-30(20-32-28)27(31)25-11-12-26(22(4)15-25)33-21(2)3/h5-12,15,21,23H,1,13-14,16-20H2,2-4H3. The average Bonchev–Trinajstić information content (AvgIpc) is 2.80. The maximum Gasteiger partial charge on any atom is 0.255 e. The highest BCUT2D eigenvalue weighted by Gasteiger charge is 2.43. The van der Waals surface area contributed by atoms with Crippen LogP contribution in [0, 0.1) is 12.8 Å². The average molecular weight is 449 g/mol. The number of piperidine rings is 1. The number of aryl methyl sites for hydroxylation is 1. The number of amides is 1. The Morgan fingerprint density at radius 2 is 2.06 bits per heavy atom. The smallest absolute Gasteiger partial charge is 0.255 e. The predicted octanol–water partition coefficient (Wildman–Crippen LogP) is 5.05. The first-order valence-corrected chi connectivity index (χ1v) is 12.0. The lowest BCUT2D eigenvalue weighted by molar-refractivity contribution is -0.160. The Morgan fingerprint density at radius 1 is 1.27 bits per heavy atom. The molecule has 0 aliphatic carbocycles. The Kier molecular flexibility index (Phi) is 7.20. The molecule has 2 aromatic carbocycles. The van der Waals surface area contributed by atoms with Crippen molar-refractivity contribution in [3.8, 4) is 5.75 Å². The van der Waals surface area contributed by atoms with E-state index < -0.39 is 0 Å². The Hall–Kier alpha value is -2.63. The van der Waals surface area contributed by atoms with Gasteiger partial charge in [-0.25, -0.2) is 0 Å². The molecule has 2 fully saturated rings. The van der Waals surface area contributed by atoms with Crippen molar-refractivity contribution in [2.75, 3.05) is 26.4 Å². The van der Waals surface area contributed by atoms with E-state index in [0.29, 0.717) is 24.8 Å². The van der Waals surface area contributed by atoms with E-state index in [1.54, 1.807) is 0 Å². The molecular weight excluding hydrogens is 412 g/mol. The number of carbonyl (C=O) groups excluding carboxylic acids is 1. The van der Waals surface area contributed by atoms with Gasteiger partial charge in [-0.05, 0) is 68.9 Å². The summed E-state index contributed by atoms with van der Waals surface area (Å²) < 4.78 is 12.3. The summed E-state index contributed by atoms with van der Waals surface area (Å²) in [6.45, 7) is 13.9. The van der Waals surface area contributed by atoms with Crippen LogP contribution in [-0.2, 0) is 11.3 Å². The van der Waals surface area contributed by atoms with Crippen LogP contribution in [0.4, 0.5) is 0 Å². The van der Waals surface area contributed by atoms with Gasteiger partial charge < -0.3 is 14.4 Å². The van der Waals surface area contributed by atoms with Crippen molar-refractivity contribution in [1.29, 1.82) is 0 Å². The highest BCUT2D eigenvalue weighted by atomic mass is 16.5. The number of nitrogens with zero attached hydrogens (tertiary/aromatic N) is 2. The van der Waals surface area contributed by atoms with Crippen LogP contribution in [0.1, 0.15) is 48.2 Å². The van der Waals surface area contributed by atoms with Crippen molar-refractivity contribution >= 4 is 5.91 Å². The second-order valence-corrected chi connectivity index (χ2v) is 9.78. The number of carbonyl (C=O) groups is 1. The van der Waals surface area contributed by atoms with Crippen molar-refractivity contribution in [2.24, 2.45) is 5.92 Å². The van der Waals surface area contributed by atoms with E-state index in [1.807, 2.05) is 43.9 Å². The van der Waals surface area contributed by atoms with Crippen LogP contribution >= 0.6 is 0 Å². The van der Waals surface area contributed by atoms with Gasteiger partial charge in [0.05, 0.1) is 11.7 Å². The third kappa shape index (κ3) is 5.66. The number of rotatable bonds is 6. The lowest BCUT2D eigenvalue weighted by atomic mass is 9.82. The van der Waals surface area contributed by atoms with E-state index in [4.69, 9.17) is 9.47 Å². The molecule has 1 amide bonds. The van der Waals surface area contributed by atoms with Crippen molar-refractivity contribution in [3.63, 3.8) is 0 Å². The Morgan fingerprint density at radius 3 is 2.70 bits per heavy atom. The third-order valence-corrected chi connectivity index (χ3v) is 6.66. The SMILES string of the molecule is C=CC1CN(Cc2ccccc2)CC2(CCN(C(=O)c3ccc(OC(C)C)c(C)c3)CO2)C1. The number of hydrogen-bond acceptors (Lipinski definition) is 4. The Bertz CT molecular complexity index is 964. The molecule has 176 valence electrons. The zero-order chi connectivity index (χ0) is 23.4. The largest absolute Gasteiger partial charge is 0.491 e. The van der Waals surface area contributed by atoms with Gasteiger partial charge in [0.25, 0.3) is 5.91 Å². The molecule has 33 heavy (non-hydrogen) atoms. The summed E-state index contributed by atoms with van der Waals surface area (Å²) in [6, 6.07) is 16.2. The van der Waals surface area contributed by atoms with Crippen LogP contribution in [0.5, 0.6) is 5.75 Å². The maximum atomic E-state index is 13.2. The minimum absolute atomic E-state index is 0.0151. The highest BCUT2D eigenvalue weighted by molar-refractivity contribution is 5.94. The summed E-state index contributed by atoms with van der Waals surface area (Å²) in [6.07, 6.45) is 3.96. The van der Waals surface area contributed by atoms with E-state index in [1.165, 1.54) is 5.56 Å². The molecule has 2 atom stereocenters. The molecule has 0 N–H and O–H groups in total. The zero-order valence-corrected chi connectivity index (χ0v) is 20.1. The summed E-state index contributed by atoms with van der Waals surface area (Å²) in [7, 11) is 0. The van der Waals surface area contributed by atoms with Gasteiger partial charge in [-0.15, -0.1) is 6.58 Å². The minimum Gasteiger partial charge on any atom is -0.491 e. The molecule has 0 aromatic heterocycles. The highest BCUT2D eigenvalue weighted by Crippen LogP contribution is 2.36. The summed E-state index contributed by atoms with van der Waals surface area (Å²) in [4.78, 5) is 17.5. The molecule has 1 spiro atoms. The lowest BCUT2D eigenvalue weighted by Crippen LogP contribution is -2.58. The fraction of sp³-hybridized carbons (Fsp3) is 0.464. The number of likely N-dealkylation sites (tertiary alicyclic amines) is 1. The van der Waals surface area contributed by atoms with Gasteiger partial charge in [-0.3, -0.25) is 9.69 Å². The van der Waals surface area contributed by atoms with Crippen LogP contribution in [0.2, 0.25) is 0 Å². The second kappa shape index (κ2) is 10.1. The Balaban J connectivity index is 1.40. The topological polar surface area (TPSA) is 42.0 Å². The number of hydrogen-bond donors (Lipinski definition) is 0. The molecule has 0 radical (unpaired) electrons. The first kappa shape index (κ1) is 23.5. The summed E-state index contributed by atoms with van der Waals surface area (Å²) in [5.74, 6) is 1.23. The molecule has 0 bridgehead atoms. The molecule has 0 saturated carbocycles. The van der Waals surface area contributed by atoms with E-state index in [2.05, 4.69) is 47.9 Å². The number of ether oxygens (including phenoxy) is 2. The first-order valence-electron chi connectivity index (χ1n) is 12.0. The van der Waals surface area contributed by atoms with Gasteiger partial charge in [0.1, 0.15) is 12.5 Å². The maximum absolute atomic E-state index is 13.2. The summed E-state index contributed by atoms with van der Waals surface area (Å²) in [5.41, 5.74) is 2.74. The van der Waals surface area contributed by atoms with E-state index in [-0.39, 0.29) is 17.6 Å². The van der Waals surface area contributed by atoms with Crippen LogP contribution in [0.3, 0.4) is 0 Å². The first-order chi connectivity index (χ1) is 15.9. The van der Waals surface area contributed by atoms with Crippen molar-refractivity contribution in [2.45, 2.75) is 51.9 Å². The molecule has 5 nitrogen and oxygen atoms in total. The Labute approximate surface area is 198 Å². The van der Waals surface area contributed by atoms with Gasteiger partial charge in [0.15, 0.2) is 0 Å². The van der Waals surface area contributed by atoms with Crippen LogP contribution in [-0.4, -0.2) is 53.8 Å². The molecule has 2 unspecified atom stereocenters. The van der Waals surface area contributed by atoms with E-state index >= 15 is 0 Å². The monoisotopic (exact) mass is 448 g/mol. The zero-order valence-electron chi connectivity index (χ0n) is 20.1. The normalized spacial score (nSPS) is 23.6. The molecular formula is C28H36N2O3. The summed E-state index contributed by atoms with van der Waals surface area (Å²) >= 11 is 0. The van der Waals surface area contributed by atoms with Gasteiger partial charge in [0, 0.05) is 31.7 Å². The minimum atomic E-state index is -0.229. The molecule has 2 aromatic rings. The third-order valence-electron chi connectivity index (χ3n) is 6.66. The van der Waals surface area contributed by atoms with Gasteiger partial charge in [0.2, 0.25) is 0 Å². The second-order valence-electron chi connectivity index (χ2n) is 9.78. The molecule has 2 saturated heterocycles. The molecule has 2 aliphatic rings. The lowest BCUT2D eigenvalue weighted by Gasteiger charge is -2.49. The molecule has 2 heterocycles. The van der Waals surface area contributed by atoms with Crippen molar-refractivity contribution in [1.82, 2.24) is 9.80 Å². The fourth-order valence-corrected chi connectivity index (χ4v) is 5.02.